The van der Waals surface area contributed by atoms with Crippen LogP contribution < -0.4 is 15.5 Å². The average Bonchev–Trinajstić information content (AvgIpc) is 3.01. The standard InChI is InChI=1S/C22H27N3O2/c1-16-8-12-20(13-9-16)25-15-19(14-21(25)26)24-22(27)23-17(2)10-11-18-6-4-3-5-7-18/h3-9,12-13,17,19H,10-11,14-15H2,1-2H3,(H2,23,24,27)/t17-,19+/m1/s1. The molecule has 2 atom stereocenters. The van der Waals surface area contributed by atoms with Gasteiger partial charge in [-0.2, -0.15) is 0 Å². The van der Waals surface area contributed by atoms with Crippen molar-refractivity contribution in [3.05, 3.63) is 65.7 Å². The van der Waals surface area contributed by atoms with Gasteiger partial charge < -0.3 is 15.5 Å². The van der Waals surface area contributed by atoms with Crippen molar-refractivity contribution < 1.29 is 9.59 Å². The zero-order chi connectivity index (χ0) is 19.2. The van der Waals surface area contributed by atoms with Gasteiger partial charge >= 0.3 is 6.03 Å². The maximum Gasteiger partial charge on any atom is 0.315 e. The van der Waals surface area contributed by atoms with Crippen molar-refractivity contribution in [2.75, 3.05) is 11.4 Å². The number of carbonyl (C=O) groups excluding carboxylic acids is 2. The Balaban J connectivity index is 1.45. The maximum atomic E-state index is 12.3. The second-order valence-corrected chi connectivity index (χ2v) is 7.28. The molecule has 142 valence electrons. The summed E-state index contributed by atoms with van der Waals surface area (Å²) in [5.74, 6) is 0.0429. The number of hydrogen-bond acceptors (Lipinski definition) is 2. The van der Waals surface area contributed by atoms with Crippen molar-refractivity contribution in [1.29, 1.82) is 0 Å². The largest absolute Gasteiger partial charge is 0.336 e. The van der Waals surface area contributed by atoms with Gasteiger partial charge in [0.2, 0.25) is 5.91 Å². The molecule has 1 fully saturated rings. The molecule has 1 aliphatic rings. The maximum absolute atomic E-state index is 12.3. The first kappa shape index (κ1) is 19.0. The Labute approximate surface area is 160 Å². The number of amides is 3. The van der Waals surface area contributed by atoms with Gasteiger partial charge in [-0.1, -0.05) is 48.0 Å². The Morgan fingerprint density at radius 3 is 2.56 bits per heavy atom. The van der Waals surface area contributed by atoms with Crippen LogP contribution in [0.4, 0.5) is 10.5 Å². The first-order valence-electron chi connectivity index (χ1n) is 9.49. The van der Waals surface area contributed by atoms with E-state index in [4.69, 9.17) is 0 Å². The van der Waals surface area contributed by atoms with Crippen LogP contribution in [0, 0.1) is 6.92 Å². The highest BCUT2D eigenvalue weighted by atomic mass is 16.2. The lowest BCUT2D eigenvalue weighted by molar-refractivity contribution is -0.117. The fourth-order valence-corrected chi connectivity index (χ4v) is 3.33. The van der Waals surface area contributed by atoms with Gasteiger partial charge in [0, 0.05) is 24.7 Å². The van der Waals surface area contributed by atoms with Crippen LogP contribution in [0.25, 0.3) is 0 Å². The van der Waals surface area contributed by atoms with Crippen molar-refractivity contribution in [3.63, 3.8) is 0 Å². The highest BCUT2D eigenvalue weighted by molar-refractivity contribution is 5.96. The van der Waals surface area contributed by atoms with Crippen molar-refractivity contribution in [3.8, 4) is 0 Å². The number of rotatable bonds is 6. The highest BCUT2D eigenvalue weighted by Gasteiger charge is 2.31. The SMILES string of the molecule is Cc1ccc(N2C[C@@H](NC(=O)N[C@H](C)CCc3ccccc3)CC2=O)cc1. The zero-order valence-electron chi connectivity index (χ0n) is 15.9. The third-order valence-corrected chi connectivity index (χ3v) is 4.89. The summed E-state index contributed by atoms with van der Waals surface area (Å²) < 4.78 is 0. The summed E-state index contributed by atoms with van der Waals surface area (Å²) in [6.07, 6.45) is 2.13. The molecule has 3 amide bonds. The van der Waals surface area contributed by atoms with Gasteiger partial charge in [0.15, 0.2) is 0 Å². The van der Waals surface area contributed by atoms with E-state index in [1.165, 1.54) is 5.56 Å². The predicted octanol–water partition coefficient (Wildman–Crippen LogP) is 3.42. The number of nitrogens with zero attached hydrogens (tertiary/aromatic N) is 1. The number of hydrogen-bond donors (Lipinski definition) is 2. The van der Waals surface area contributed by atoms with Crippen LogP contribution in [0.5, 0.6) is 0 Å². The minimum atomic E-state index is -0.209. The molecule has 3 rings (SSSR count). The quantitative estimate of drug-likeness (QED) is 0.824. The van der Waals surface area contributed by atoms with Crippen LogP contribution in [-0.2, 0) is 11.2 Å². The molecule has 5 heteroatoms. The van der Waals surface area contributed by atoms with Crippen LogP contribution in [0.15, 0.2) is 54.6 Å². The molecule has 0 spiro atoms. The van der Waals surface area contributed by atoms with Gasteiger partial charge in [0.25, 0.3) is 0 Å². The molecule has 0 saturated carbocycles. The van der Waals surface area contributed by atoms with Crippen molar-refractivity contribution in [2.45, 2.75) is 45.2 Å². The van der Waals surface area contributed by atoms with E-state index < -0.39 is 0 Å². The minimum absolute atomic E-state index is 0.0429. The number of nitrogens with one attached hydrogen (secondary N) is 2. The van der Waals surface area contributed by atoms with E-state index in [1.54, 1.807) is 4.90 Å². The molecule has 0 bridgehead atoms. The monoisotopic (exact) mass is 365 g/mol. The molecule has 5 nitrogen and oxygen atoms in total. The molecule has 1 aliphatic heterocycles. The lowest BCUT2D eigenvalue weighted by Crippen LogP contribution is -2.46. The molecule has 0 unspecified atom stereocenters. The number of benzene rings is 2. The molecule has 2 aromatic rings. The fraction of sp³-hybridized carbons (Fsp3) is 0.364. The van der Waals surface area contributed by atoms with Gasteiger partial charge in [-0.05, 0) is 44.4 Å². The van der Waals surface area contributed by atoms with Gasteiger partial charge in [0.1, 0.15) is 0 Å². The smallest absolute Gasteiger partial charge is 0.315 e. The van der Waals surface area contributed by atoms with E-state index in [0.29, 0.717) is 13.0 Å². The first-order valence-corrected chi connectivity index (χ1v) is 9.49. The molecule has 0 radical (unpaired) electrons. The lowest BCUT2D eigenvalue weighted by Gasteiger charge is -2.19. The molecular weight excluding hydrogens is 338 g/mol. The van der Waals surface area contributed by atoms with E-state index in [9.17, 15) is 9.59 Å². The topological polar surface area (TPSA) is 61.4 Å². The minimum Gasteiger partial charge on any atom is -0.336 e. The van der Waals surface area contributed by atoms with Gasteiger partial charge in [-0.3, -0.25) is 4.79 Å². The normalized spacial score (nSPS) is 17.6. The highest BCUT2D eigenvalue weighted by Crippen LogP contribution is 2.21. The fourth-order valence-electron chi connectivity index (χ4n) is 3.33. The summed E-state index contributed by atoms with van der Waals surface area (Å²) in [6, 6.07) is 17.8. The molecule has 2 aromatic carbocycles. The summed E-state index contributed by atoms with van der Waals surface area (Å²) in [6.45, 7) is 4.53. The Bertz CT molecular complexity index is 774. The molecule has 0 aromatic heterocycles. The third-order valence-electron chi connectivity index (χ3n) is 4.89. The number of aryl methyl sites for hydroxylation is 2. The molecule has 1 saturated heterocycles. The molecule has 1 heterocycles. The molecule has 27 heavy (non-hydrogen) atoms. The van der Waals surface area contributed by atoms with Crippen molar-refractivity contribution >= 4 is 17.6 Å². The Morgan fingerprint density at radius 2 is 1.85 bits per heavy atom. The number of carbonyl (C=O) groups is 2. The molecular formula is C22H27N3O2. The van der Waals surface area contributed by atoms with Crippen LogP contribution in [0.2, 0.25) is 0 Å². The lowest BCUT2D eigenvalue weighted by atomic mass is 10.1. The van der Waals surface area contributed by atoms with Gasteiger partial charge in [0.05, 0.1) is 6.04 Å². The Kier molecular flexibility index (Phi) is 6.12. The summed E-state index contributed by atoms with van der Waals surface area (Å²) in [7, 11) is 0. The summed E-state index contributed by atoms with van der Waals surface area (Å²) in [5.41, 5.74) is 3.30. The van der Waals surface area contributed by atoms with E-state index in [0.717, 1.165) is 24.1 Å². The first-order chi connectivity index (χ1) is 13.0. The van der Waals surface area contributed by atoms with Gasteiger partial charge in [-0.25, -0.2) is 4.79 Å². The van der Waals surface area contributed by atoms with E-state index in [2.05, 4.69) is 22.8 Å². The van der Waals surface area contributed by atoms with Crippen LogP contribution in [0.1, 0.15) is 30.9 Å². The van der Waals surface area contributed by atoms with E-state index in [-0.39, 0.29) is 24.0 Å². The van der Waals surface area contributed by atoms with Gasteiger partial charge in [-0.15, -0.1) is 0 Å². The second kappa shape index (κ2) is 8.71. The number of anilines is 1. The molecule has 2 N–H and O–H groups in total. The molecule has 0 aliphatic carbocycles. The van der Waals surface area contributed by atoms with Crippen LogP contribution in [0.3, 0.4) is 0 Å². The second-order valence-electron chi connectivity index (χ2n) is 7.28. The Morgan fingerprint density at radius 1 is 1.15 bits per heavy atom. The van der Waals surface area contributed by atoms with E-state index >= 15 is 0 Å². The number of urea groups is 1. The average molecular weight is 365 g/mol. The van der Waals surface area contributed by atoms with Crippen LogP contribution >= 0.6 is 0 Å². The zero-order valence-corrected chi connectivity index (χ0v) is 15.9. The van der Waals surface area contributed by atoms with Crippen LogP contribution in [-0.4, -0.2) is 30.6 Å². The summed E-state index contributed by atoms with van der Waals surface area (Å²) >= 11 is 0. The summed E-state index contributed by atoms with van der Waals surface area (Å²) in [5, 5.41) is 5.91. The van der Waals surface area contributed by atoms with Crippen molar-refractivity contribution in [1.82, 2.24) is 10.6 Å². The third kappa shape index (κ3) is 5.33. The predicted molar refractivity (Wildman–Crippen MR) is 108 cm³/mol. The summed E-state index contributed by atoms with van der Waals surface area (Å²) in [4.78, 5) is 26.3. The van der Waals surface area contributed by atoms with Crippen molar-refractivity contribution in [2.24, 2.45) is 0 Å². The Hall–Kier alpha value is -2.82. The van der Waals surface area contributed by atoms with E-state index in [1.807, 2.05) is 56.3 Å².